The summed E-state index contributed by atoms with van der Waals surface area (Å²) in [7, 11) is 0. The van der Waals surface area contributed by atoms with E-state index in [2.05, 4.69) is 10.2 Å². The molecule has 2 aliphatic rings. The number of likely N-dealkylation sites (tertiary alicyclic amines) is 1. The highest BCUT2D eigenvalue weighted by atomic mass is 16.5. The second-order valence-electron chi connectivity index (χ2n) is 5.02. The van der Waals surface area contributed by atoms with Gasteiger partial charge in [-0.2, -0.15) is 0 Å². The number of nitrogens with zero attached hydrogens (tertiary/aromatic N) is 1. The maximum Gasteiger partial charge on any atom is 0.303 e. The van der Waals surface area contributed by atoms with E-state index in [9.17, 15) is 9.59 Å². The fourth-order valence-electron chi connectivity index (χ4n) is 2.61. The van der Waals surface area contributed by atoms with Crippen molar-refractivity contribution in [3.63, 3.8) is 0 Å². The molecule has 8 heteroatoms. The summed E-state index contributed by atoms with van der Waals surface area (Å²) in [5.41, 5.74) is 0. The fourth-order valence-corrected chi connectivity index (χ4v) is 2.61. The van der Waals surface area contributed by atoms with E-state index in [0.717, 1.165) is 13.1 Å². The zero-order chi connectivity index (χ0) is 15.7. The van der Waals surface area contributed by atoms with E-state index < -0.39 is 5.97 Å². The molecule has 2 atom stereocenters. The van der Waals surface area contributed by atoms with Gasteiger partial charge in [-0.3, -0.25) is 19.3 Å². The molecule has 8 nitrogen and oxygen atoms in total. The fraction of sp³-hybridized carbons (Fsp3) is 0.769. The second kappa shape index (κ2) is 9.30. The smallest absolute Gasteiger partial charge is 0.303 e. The van der Waals surface area contributed by atoms with Crippen LogP contribution in [0, 0.1) is 0 Å². The lowest BCUT2D eigenvalue weighted by molar-refractivity contribution is -0.139. The number of ether oxygens (including phenoxy) is 1. The summed E-state index contributed by atoms with van der Waals surface area (Å²) in [4.78, 5) is 32.7. The molecule has 120 valence electrons. The summed E-state index contributed by atoms with van der Waals surface area (Å²) < 4.78 is 5.44. The molecule has 0 aromatic rings. The molecule has 3 N–H and O–H groups in total. The molecule has 21 heavy (non-hydrogen) atoms. The van der Waals surface area contributed by atoms with E-state index in [1.807, 2.05) is 0 Å². The van der Waals surface area contributed by atoms with Gasteiger partial charge < -0.3 is 20.3 Å². The van der Waals surface area contributed by atoms with Crippen LogP contribution in [-0.2, 0) is 19.1 Å². The monoisotopic (exact) mass is 302 g/mol. The highest BCUT2D eigenvalue weighted by molar-refractivity contribution is 5.80. The van der Waals surface area contributed by atoms with Crippen molar-refractivity contribution in [2.24, 2.45) is 0 Å². The molecule has 1 amide bonds. The van der Waals surface area contributed by atoms with Gasteiger partial charge in [-0.25, -0.2) is 0 Å². The molecule has 0 aliphatic carbocycles. The highest BCUT2D eigenvalue weighted by Crippen LogP contribution is 2.19. The third-order valence-electron chi connectivity index (χ3n) is 3.57. The lowest BCUT2D eigenvalue weighted by Crippen LogP contribution is -2.50. The minimum absolute atomic E-state index is 0.00407. The molecule has 0 spiro atoms. The van der Waals surface area contributed by atoms with Crippen LogP contribution in [0.4, 0.5) is 0 Å². The van der Waals surface area contributed by atoms with Crippen molar-refractivity contribution in [2.45, 2.75) is 37.8 Å². The Kier molecular flexibility index (Phi) is 7.70. The van der Waals surface area contributed by atoms with Crippen LogP contribution >= 0.6 is 0 Å². The number of carboxylic acids is 1. The van der Waals surface area contributed by atoms with Crippen LogP contribution in [0.5, 0.6) is 0 Å². The van der Waals surface area contributed by atoms with Gasteiger partial charge in [0, 0.05) is 6.42 Å². The number of carbonyl (C=O) groups excluding carboxylic acids is 1. The average Bonchev–Trinajstić information content (AvgIpc) is 3.07. The molecule has 0 aromatic carbocycles. The molecule has 0 bridgehead atoms. The van der Waals surface area contributed by atoms with E-state index in [1.54, 1.807) is 0 Å². The van der Waals surface area contributed by atoms with Gasteiger partial charge in [0.1, 0.15) is 0 Å². The highest BCUT2D eigenvalue weighted by Gasteiger charge is 2.35. The summed E-state index contributed by atoms with van der Waals surface area (Å²) in [5, 5.41) is 18.3. The molecule has 2 heterocycles. The van der Waals surface area contributed by atoms with E-state index in [0.29, 0.717) is 13.2 Å². The zero-order valence-corrected chi connectivity index (χ0v) is 11.9. The van der Waals surface area contributed by atoms with Gasteiger partial charge in [0.15, 0.2) is 0 Å². The predicted octanol–water partition coefficient (Wildman–Crippen LogP) is -0.469. The lowest BCUT2D eigenvalue weighted by atomic mass is 10.1. The van der Waals surface area contributed by atoms with E-state index >= 15 is 0 Å². The maximum atomic E-state index is 11.6. The van der Waals surface area contributed by atoms with Crippen LogP contribution in [-0.4, -0.2) is 71.8 Å². The molecule has 0 aromatic heterocycles. The first-order valence-electron chi connectivity index (χ1n) is 6.99. The third kappa shape index (κ3) is 6.09. The Labute approximate surface area is 123 Å². The lowest BCUT2D eigenvalue weighted by Gasteiger charge is -2.27. The molecule has 2 rings (SSSR count). The van der Waals surface area contributed by atoms with Crippen LogP contribution in [0.2, 0.25) is 0 Å². The van der Waals surface area contributed by atoms with Crippen LogP contribution < -0.4 is 5.32 Å². The van der Waals surface area contributed by atoms with Crippen molar-refractivity contribution >= 4 is 18.3 Å². The minimum Gasteiger partial charge on any atom is -0.483 e. The summed E-state index contributed by atoms with van der Waals surface area (Å²) >= 11 is 0. The molecule has 0 radical (unpaired) electrons. The summed E-state index contributed by atoms with van der Waals surface area (Å²) in [5.74, 6) is -1.14. The van der Waals surface area contributed by atoms with Crippen molar-refractivity contribution in [3.8, 4) is 0 Å². The Balaban J connectivity index is 0.000000677. The van der Waals surface area contributed by atoms with Crippen LogP contribution in [0.1, 0.15) is 25.7 Å². The second-order valence-corrected chi connectivity index (χ2v) is 5.02. The third-order valence-corrected chi connectivity index (χ3v) is 3.57. The van der Waals surface area contributed by atoms with Crippen LogP contribution in [0.25, 0.3) is 0 Å². The first-order valence-corrected chi connectivity index (χ1v) is 6.99. The predicted molar refractivity (Wildman–Crippen MR) is 72.9 cm³/mol. The number of hydrogen-bond acceptors (Lipinski definition) is 5. The standard InChI is InChI=1S/C12H20N2O4.CH2O2/c15-11(3-4-12(16)17)13-9-7-18-8-10(9)14-5-1-2-6-14;2-1-3/h9-10H,1-8H2,(H,13,15)(H,16,17);1H,(H,2,3)/t9-,10-;/m0./s1. The molecule has 2 saturated heterocycles. The Morgan fingerprint density at radius 2 is 1.86 bits per heavy atom. The quantitative estimate of drug-likeness (QED) is 0.588. The van der Waals surface area contributed by atoms with E-state index in [4.69, 9.17) is 19.7 Å². The maximum absolute atomic E-state index is 11.6. The molecular formula is C13H22N2O6. The summed E-state index contributed by atoms with van der Waals surface area (Å²) in [6.07, 6.45) is 2.33. The number of rotatable bonds is 5. The number of hydrogen-bond donors (Lipinski definition) is 3. The normalized spacial score (nSPS) is 25.0. The average molecular weight is 302 g/mol. The van der Waals surface area contributed by atoms with Crippen molar-refractivity contribution in [1.29, 1.82) is 0 Å². The van der Waals surface area contributed by atoms with Crippen molar-refractivity contribution in [2.75, 3.05) is 26.3 Å². The van der Waals surface area contributed by atoms with Gasteiger partial charge in [0.05, 0.1) is 31.7 Å². The SMILES string of the molecule is O=C(O)CCC(=O)N[C@H]1COC[C@@H]1N1CCCC1.O=CO. The first kappa shape index (κ1) is 17.4. The Hall–Kier alpha value is -1.67. The molecule has 2 fully saturated rings. The molecular weight excluding hydrogens is 280 g/mol. The summed E-state index contributed by atoms with van der Waals surface area (Å²) in [6.45, 7) is 3.06. The van der Waals surface area contributed by atoms with Crippen LogP contribution in [0.3, 0.4) is 0 Å². The topological polar surface area (TPSA) is 116 Å². The number of amides is 1. The van der Waals surface area contributed by atoms with E-state index in [-0.39, 0.29) is 37.3 Å². The van der Waals surface area contributed by atoms with E-state index in [1.165, 1.54) is 12.8 Å². The van der Waals surface area contributed by atoms with Gasteiger partial charge >= 0.3 is 5.97 Å². The number of aliphatic carboxylic acids is 1. The minimum atomic E-state index is -0.941. The van der Waals surface area contributed by atoms with Gasteiger partial charge in [0.2, 0.25) is 5.91 Å². The Morgan fingerprint density at radius 1 is 1.24 bits per heavy atom. The number of carboxylic acid groups (broad SMARTS) is 2. The van der Waals surface area contributed by atoms with Crippen molar-refractivity contribution in [1.82, 2.24) is 10.2 Å². The Bertz CT molecular complexity index is 357. The van der Waals surface area contributed by atoms with Crippen LogP contribution in [0.15, 0.2) is 0 Å². The van der Waals surface area contributed by atoms with Crippen molar-refractivity contribution < 1.29 is 29.3 Å². The molecule has 0 saturated carbocycles. The zero-order valence-electron chi connectivity index (χ0n) is 11.9. The first-order chi connectivity index (χ1) is 10.1. The molecule has 2 aliphatic heterocycles. The Morgan fingerprint density at radius 3 is 2.43 bits per heavy atom. The van der Waals surface area contributed by atoms with Crippen molar-refractivity contribution in [3.05, 3.63) is 0 Å². The summed E-state index contributed by atoms with van der Waals surface area (Å²) in [6, 6.07) is 0.255. The van der Waals surface area contributed by atoms with Gasteiger partial charge in [-0.1, -0.05) is 0 Å². The molecule has 0 unspecified atom stereocenters. The largest absolute Gasteiger partial charge is 0.483 e. The van der Waals surface area contributed by atoms with Gasteiger partial charge in [0.25, 0.3) is 6.47 Å². The number of carbonyl (C=O) groups is 3. The number of nitrogens with one attached hydrogen (secondary N) is 1. The van der Waals surface area contributed by atoms with Gasteiger partial charge in [-0.05, 0) is 25.9 Å². The van der Waals surface area contributed by atoms with Gasteiger partial charge in [-0.15, -0.1) is 0 Å².